The number of benzene rings is 1. The molecule has 0 aromatic heterocycles. The van der Waals surface area contributed by atoms with Gasteiger partial charge in [0.1, 0.15) is 0 Å². The maximum atomic E-state index is 4.37. The van der Waals surface area contributed by atoms with E-state index in [0.29, 0.717) is 0 Å². The molecule has 2 heterocycles. The summed E-state index contributed by atoms with van der Waals surface area (Å²) in [5, 5.41) is 6.91. The molecule has 176 valence electrons. The van der Waals surface area contributed by atoms with Crippen LogP contribution in [0.15, 0.2) is 29.3 Å². The van der Waals surface area contributed by atoms with Crippen molar-refractivity contribution in [1.29, 1.82) is 0 Å². The zero-order valence-electron chi connectivity index (χ0n) is 19.6. The fourth-order valence-corrected chi connectivity index (χ4v) is 4.38. The van der Waals surface area contributed by atoms with Gasteiger partial charge in [0, 0.05) is 39.8 Å². The number of hydrogen-bond acceptors (Lipinski definition) is 4. The first-order chi connectivity index (χ1) is 14.7. The van der Waals surface area contributed by atoms with Crippen LogP contribution in [0.2, 0.25) is 0 Å². The molecule has 2 saturated heterocycles. The van der Waals surface area contributed by atoms with Crippen LogP contribution in [0, 0.1) is 0 Å². The van der Waals surface area contributed by atoms with Gasteiger partial charge in [0.25, 0.3) is 0 Å². The van der Waals surface area contributed by atoms with E-state index in [1.807, 2.05) is 7.05 Å². The predicted octanol–water partition coefficient (Wildman–Crippen LogP) is 2.98. The van der Waals surface area contributed by atoms with Gasteiger partial charge < -0.3 is 20.4 Å². The zero-order chi connectivity index (χ0) is 21.0. The van der Waals surface area contributed by atoms with Crippen molar-refractivity contribution >= 4 is 29.9 Å². The largest absolute Gasteiger partial charge is 0.356 e. The lowest BCUT2D eigenvalue weighted by Gasteiger charge is -2.26. The Balaban J connectivity index is 0.00000341. The lowest BCUT2D eigenvalue weighted by molar-refractivity contribution is 0.221. The highest BCUT2D eigenvalue weighted by Gasteiger charge is 2.12. The second-order valence-electron chi connectivity index (χ2n) is 8.86. The van der Waals surface area contributed by atoms with Gasteiger partial charge in [-0.1, -0.05) is 30.7 Å². The monoisotopic (exact) mass is 542 g/mol. The van der Waals surface area contributed by atoms with Crippen molar-refractivity contribution in [2.45, 2.75) is 45.2 Å². The molecule has 0 unspecified atom stereocenters. The lowest BCUT2D eigenvalue weighted by atomic mass is 10.1. The second kappa shape index (κ2) is 15.0. The number of nitrogens with zero attached hydrogens (tertiary/aromatic N) is 4. The van der Waals surface area contributed by atoms with E-state index in [-0.39, 0.29) is 24.0 Å². The van der Waals surface area contributed by atoms with Gasteiger partial charge in [-0.15, -0.1) is 24.0 Å². The quantitative estimate of drug-likeness (QED) is 0.229. The van der Waals surface area contributed by atoms with Crippen LogP contribution < -0.4 is 10.6 Å². The van der Waals surface area contributed by atoms with Gasteiger partial charge in [-0.2, -0.15) is 0 Å². The van der Waals surface area contributed by atoms with Crippen molar-refractivity contribution in [1.82, 2.24) is 25.3 Å². The van der Waals surface area contributed by atoms with Crippen molar-refractivity contribution < 1.29 is 0 Å². The Labute approximate surface area is 206 Å². The Morgan fingerprint density at radius 1 is 0.839 bits per heavy atom. The third-order valence-corrected chi connectivity index (χ3v) is 6.32. The first kappa shape index (κ1) is 26.4. The van der Waals surface area contributed by atoms with Crippen LogP contribution in [0.5, 0.6) is 0 Å². The fraction of sp³-hybridized carbons (Fsp3) is 0.708. The fourth-order valence-electron chi connectivity index (χ4n) is 4.38. The van der Waals surface area contributed by atoms with Gasteiger partial charge >= 0.3 is 0 Å². The minimum Gasteiger partial charge on any atom is -0.356 e. The van der Waals surface area contributed by atoms with E-state index in [1.54, 1.807) is 0 Å². The number of likely N-dealkylation sites (tertiary alicyclic amines) is 1. The molecule has 31 heavy (non-hydrogen) atoms. The third-order valence-electron chi connectivity index (χ3n) is 6.32. The van der Waals surface area contributed by atoms with Crippen molar-refractivity contribution in [2.24, 2.45) is 4.99 Å². The Kier molecular flexibility index (Phi) is 12.8. The van der Waals surface area contributed by atoms with Gasteiger partial charge in [-0.25, -0.2) is 0 Å². The maximum Gasteiger partial charge on any atom is 0.191 e. The molecule has 6 nitrogen and oxygen atoms in total. The summed E-state index contributed by atoms with van der Waals surface area (Å²) in [6.45, 7) is 11.4. The van der Waals surface area contributed by atoms with Gasteiger partial charge in [0.05, 0.1) is 0 Å². The van der Waals surface area contributed by atoms with Gasteiger partial charge in [0.2, 0.25) is 0 Å². The van der Waals surface area contributed by atoms with Crippen LogP contribution in [-0.4, -0.2) is 87.1 Å². The molecule has 7 heteroatoms. The van der Waals surface area contributed by atoms with E-state index in [4.69, 9.17) is 0 Å². The molecule has 0 bridgehead atoms. The molecule has 0 atom stereocenters. The molecule has 0 radical (unpaired) electrons. The normalized spacial score (nSPS) is 19.5. The molecule has 1 aromatic carbocycles. The predicted molar refractivity (Wildman–Crippen MR) is 142 cm³/mol. The van der Waals surface area contributed by atoms with Gasteiger partial charge in [0.15, 0.2) is 5.96 Å². The van der Waals surface area contributed by atoms with Crippen LogP contribution in [0.1, 0.15) is 43.2 Å². The molecule has 0 amide bonds. The number of aliphatic imine (C=N–C) groups is 1. The highest BCUT2D eigenvalue weighted by Crippen LogP contribution is 2.13. The van der Waals surface area contributed by atoms with E-state index in [1.165, 1.54) is 76.1 Å². The summed E-state index contributed by atoms with van der Waals surface area (Å²) in [6.07, 6.45) is 6.53. The Hall–Kier alpha value is -0.900. The van der Waals surface area contributed by atoms with Crippen molar-refractivity contribution in [3.63, 3.8) is 0 Å². The van der Waals surface area contributed by atoms with Crippen LogP contribution in [0.4, 0.5) is 0 Å². The number of likely N-dealkylation sites (N-methyl/N-ethyl adjacent to an activating group) is 1. The number of guanidine groups is 1. The third kappa shape index (κ3) is 10.1. The lowest BCUT2D eigenvalue weighted by Crippen LogP contribution is -2.38. The van der Waals surface area contributed by atoms with Crippen LogP contribution in [-0.2, 0) is 13.1 Å². The zero-order valence-corrected chi connectivity index (χ0v) is 21.9. The number of piperidine rings is 1. The second-order valence-corrected chi connectivity index (χ2v) is 8.86. The molecule has 2 aliphatic heterocycles. The molecule has 2 fully saturated rings. The molecule has 1 aromatic rings. The molecule has 0 saturated carbocycles. The minimum absolute atomic E-state index is 0. The summed E-state index contributed by atoms with van der Waals surface area (Å²) in [5.41, 5.74) is 2.72. The summed E-state index contributed by atoms with van der Waals surface area (Å²) < 4.78 is 0. The first-order valence-corrected chi connectivity index (χ1v) is 11.9. The highest BCUT2D eigenvalue weighted by atomic mass is 127. The summed E-state index contributed by atoms with van der Waals surface area (Å²) in [6, 6.07) is 9.05. The Morgan fingerprint density at radius 3 is 2.29 bits per heavy atom. The van der Waals surface area contributed by atoms with Crippen molar-refractivity contribution in [2.75, 3.05) is 66.5 Å². The number of hydrogen-bond donors (Lipinski definition) is 2. The smallest absolute Gasteiger partial charge is 0.191 e. The maximum absolute atomic E-state index is 4.37. The Bertz CT molecular complexity index is 629. The first-order valence-electron chi connectivity index (χ1n) is 11.9. The van der Waals surface area contributed by atoms with Crippen molar-refractivity contribution in [3.8, 4) is 0 Å². The van der Waals surface area contributed by atoms with Crippen LogP contribution in [0.3, 0.4) is 0 Å². The summed E-state index contributed by atoms with van der Waals surface area (Å²) in [4.78, 5) is 12.0. The molecule has 2 N–H and O–H groups in total. The summed E-state index contributed by atoms with van der Waals surface area (Å²) >= 11 is 0. The minimum atomic E-state index is 0. The standard InChI is InChI=1S/C24H42N6.HI/c1-25-24(26-12-6-16-29-17-7-13-28(2)18-19-29)27-20-22-8-10-23(11-9-22)21-30-14-4-3-5-15-30;/h8-11H,3-7,12-21H2,1-2H3,(H2,25,26,27);1H. The molecular formula is C24H43IN6. The molecule has 0 aliphatic carbocycles. The number of halogens is 1. The van der Waals surface area contributed by atoms with Gasteiger partial charge in [-0.05, 0) is 76.6 Å². The SMILES string of the molecule is CN=C(NCCCN1CCCN(C)CC1)NCc1ccc(CN2CCCCC2)cc1.I. The van der Waals surface area contributed by atoms with E-state index >= 15 is 0 Å². The summed E-state index contributed by atoms with van der Waals surface area (Å²) in [5.74, 6) is 0.892. The molecule has 2 aliphatic rings. The summed E-state index contributed by atoms with van der Waals surface area (Å²) in [7, 11) is 4.07. The van der Waals surface area contributed by atoms with Crippen LogP contribution >= 0.6 is 24.0 Å². The van der Waals surface area contributed by atoms with Crippen molar-refractivity contribution in [3.05, 3.63) is 35.4 Å². The van der Waals surface area contributed by atoms with Gasteiger partial charge in [-0.3, -0.25) is 9.89 Å². The molecule has 0 spiro atoms. The topological polar surface area (TPSA) is 46.1 Å². The van der Waals surface area contributed by atoms with E-state index in [9.17, 15) is 0 Å². The molecule has 3 rings (SSSR count). The van der Waals surface area contributed by atoms with E-state index < -0.39 is 0 Å². The van der Waals surface area contributed by atoms with E-state index in [2.05, 4.69) is 61.6 Å². The van der Waals surface area contributed by atoms with E-state index in [0.717, 1.165) is 38.6 Å². The molecular weight excluding hydrogens is 499 g/mol. The Morgan fingerprint density at radius 2 is 1.55 bits per heavy atom. The van der Waals surface area contributed by atoms with Crippen LogP contribution in [0.25, 0.3) is 0 Å². The average Bonchev–Trinajstić information content (AvgIpc) is 2.99. The highest BCUT2D eigenvalue weighted by molar-refractivity contribution is 14.0. The number of rotatable bonds is 8. The number of nitrogens with one attached hydrogen (secondary N) is 2. The average molecular weight is 543 g/mol.